The second kappa shape index (κ2) is 5.69. The summed E-state index contributed by atoms with van der Waals surface area (Å²) >= 11 is 4.83. The molecule has 0 atom stereocenters. The summed E-state index contributed by atoms with van der Waals surface area (Å²) < 4.78 is 38.2. The quantitative estimate of drug-likeness (QED) is 0.847. The summed E-state index contributed by atoms with van der Waals surface area (Å²) in [4.78, 5) is 3.90. The SMILES string of the molecule is Cc1cncc(Nc2ccc(C(F)(F)F)cc2C(N)=S)c1. The number of hydrogen-bond donors (Lipinski definition) is 2. The molecule has 0 spiro atoms. The Labute approximate surface area is 125 Å². The van der Waals surface area contributed by atoms with E-state index in [-0.39, 0.29) is 10.6 Å². The molecule has 2 aromatic rings. The van der Waals surface area contributed by atoms with E-state index in [1.54, 1.807) is 12.4 Å². The van der Waals surface area contributed by atoms with Crippen molar-refractivity contribution in [1.29, 1.82) is 0 Å². The summed E-state index contributed by atoms with van der Waals surface area (Å²) in [5.74, 6) is 0. The largest absolute Gasteiger partial charge is 0.416 e. The lowest BCUT2D eigenvalue weighted by atomic mass is 10.1. The van der Waals surface area contributed by atoms with E-state index in [1.165, 1.54) is 6.07 Å². The monoisotopic (exact) mass is 311 g/mol. The zero-order valence-electron chi connectivity index (χ0n) is 11.0. The van der Waals surface area contributed by atoms with Crippen LogP contribution in [0.3, 0.4) is 0 Å². The first-order valence-electron chi connectivity index (χ1n) is 5.97. The van der Waals surface area contributed by atoms with Crippen LogP contribution in [0.15, 0.2) is 36.7 Å². The van der Waals surface area contributed by atoms with Gasteiger partial charge in [-0.3, -0.25) is 4.98 Å². The minimum absolute atomic E-state index is 0.107. The van der Waals surface area contributed by atoms with Gasteiger partial charge in [-0.1, -0.05) is 12.2 Å². The second-order valence-corrected chi connectivity index (χ2v) is 4.94. The predicted octanol–water partition coefficient (Wildman–Crippen LogP) is 3.79. The third-order valence-corrected chi connectivity index (χ3v) is 2.99. The fourth-order valence-electron chi connectivity index (χ4n) is 1.81. The van der Waals surface area contributed by atoms with Gasteiger partial charge < -0.3 is 11.1 Å². The standard InChI is InChI=1S/C14H12F3N3S/c1-8-4-10(7-19-6-8)20-12-3-2-9(14(15,16)17)5-11(12)13(18)21/h2-7,20H,1H3,(H2,18,21). The lowest BCUT2D eigenvalue weighted by Crippen LogP contribution is -2.14. The highest BCUT2D eigenvalue weighted by atomic mass is 32.1. The molecule has 1 heterocycles. The van der Waals surface area contributed by atoms with Gasteiger partial charge in [0.1, 0.15) is 4.99 Å². The summed E-state index contributed by atoms with van der Waals surface area (Å²) in [6.07, 6.45) is -1.20. The number of rotatable bonds is 3. The number of hydrogen-bond acceptors (Lipinski definition) is 3. The van der Waals surface area contributed by atoms with Crippen LogP contribution in [0.25, 0.3) is 0 Å². The first-order chi connectivity index (χ1) is 9.77. The molecule has 0 saturated heterocycles. The third-order valence-electron chi connectivity index (χ3n) is 2.77. The highest BCUT2D eigenvalue weighted by Crippen LogP contribution is 2.32. The van der Waals surface area contributed by atoms with Gasteiger partial charge in [0.05, 0.1) is 17.4 Å². The number of pyridine rings is 1. The topological polar surface area (TPSA) is 50.9 Å². The molecular weight excluding hydrogens is 299 g/mol. The molecule has 0 amide bonds. The van der Waals surface area contributed by atoms with Gasteiger partial charge >= 0.3 is 6.18 Å². The van der Waals surface area contributed by atoms with Gasteiger partial charge in [-0.25, -0.2) is 0 Å². The summed E-state index contributed by atoms with van der Waals surface area (Å²) in [5.41, 5.74) is 6.84. The summed E-state index contributed by atoms with van der Waals surface area (Å²) in [7, 11) is 0. The van der Waals surface area contributed by atoms with Crippen molar-refractivity contribution >= 4 is 28.6 Å². The van der Waals surface area contributed by atoms with E-state index in [2.05, 4.69) is 10.3 Å². The molecule has 0 aliphatic heterocycles. The Bertz CT molecular complexity index is 683. The molecular formula is C14H12F3N3S. The molecule has 3 N–H and O–H groups in total. The minimum atomic E-state index is -4.44. The van der Waals surface area contributed by atoms with Gasteiger partial charge in [0.2, 0.25) is 0 Å². The van der Waals surface area contributed by atoms with Crippen LogP contribution in [0.5, 0.6) is 0 Å². The second-order valence-electron chi connectivity index (χ2n) is 4.50. The van der Waals surface area contributed by atoms with Crippen LogP contribution >= 0.6 is 12.2 Å². The van der Waals surface area contributed by atoms with Gasteiger partial charge in [0, 0.05) is 17.4 Å². The van der Waals surface area contributed by atoms with Crippen LogP contribution in [-0.2, 0) is 6.18 Å². The third kappa shape index (κ3) is 3.69. The van der Waals surface area contributed by atoms with Crippen molar-refractivity contribution in [2.24, 2.45) is 5.73 Å². The summed E-state index contributed by atoms with van der Waals surface area (Å²) in [6, 6.07) is 5.04. The van der Waals surface area contributed by atoms with Crippen LogP contribution in [0.2, 0.25) is 0 Å². The molecule has 110 valence electrons. The van der Waals surface area contributed by atoms with Crippen molar-refractivity contribution in [1.82, 2.24) is 4.98 Å². The maximum atomic E-state index is 12.7. The molecule has 0 radical (unpaired) electrons. The number of aromatic nitrogens is 1. The number of nitrogens with two attached hydrogens (primary N) is 1. The molecule has 21 heavy (non-hydrogen) atoms. The maximum Gasteiger partial charge on any atom is 0.416 e. The molecule has 0 unspecified atom stereocenters. The van der Waals surface area contributed by atoms with E-state index >= 15 is 0 Å². The van der Waals surface area contributed by atoms with E-state index < -0.39 is 11.7 Å². The Morgan fingerprint density at radius 2 is 1.95 bits per heavy atom. The van der Waals surface area contributed by atoms with Gasteiger partial charge in [-0.2, -0.15) is 13.2 Å². The van der Waals surface area contributed by atoms with Crippen molar-refractivity contribution in [2.45, 2.75) is 13.1 Å². The van der Waals surface area contributed by atoms with Crippen molar-refractivity contribution in [3.8, 4) is 0 Å². The van der Waals surface area contributed by atoms with Crippen LogP contribution in [0, 0.1) is 6.92 Å². The van der Waals surface area contributed by atoms with E-state index in [4.69, 9.17) is 18.0 Å². The minimum Gasteiger partial charge on any atom is -0.389 e. The Kier molecular flexibility index (Phi) is 4.13. The van der Waals surface area contributed by atoms with Gasteiger partial charge in [0.15, 0.2) is 0 Å². The number of thiocarbonyl (C=S) groups is 1. The van der Waals surface area contributed by atoms with Crippen LogP contribution in [0.4, 0.5) is 24.5 Å². The molecule has 0 fully saturated rings. The van der Waals surface area contributed by atoms with Crippen LogP contribution in [0.1, 0.15) is 16.7 Å². The molecule has 0 bridgehead atoms. The number of nitrogens with one attached hydrogen (secondary N) is 1. The van der Waals surface area contributed by atoms with Crippen molar-refractivity contribution in [3.63, 3.8) is 0 Å². The fraction of sp³-hybridized carbons (Fsp3) is 0.143. The van der Waals surface area contributed by atoms with Crippen LogP contribution in [-0.4, -0.2) is 9.97 Å². The maximum absolute atomic E-state index is 12.7. The molecule has 0 saturated carbocycles. The molecule has 1 aromatic carbocycles. The zero-order chi connectivity index (χ0) is 15.6. The normalized spacial score (nSPS) is 11.2. The van der Waals surface area contributed by atoms with Gasteiger partial charge in [-0.05, 0) is 36.8 Å². The zero-order valence-corrected chi connectivity index (χ0v) is 11.8. The van der Waals surface area contributed by atoms with E-state index in [0.29, 0.717) is 11.4 Å². The first-order valence-corrected chi connectivity index (χ1v) is 6.38. The number of alkyl halides is 3. The molecule has 0 aliphatic rings. The lowest BCUT2D eigenvalue weighted by molar-refractivity contribution is -0.137. The molecule has 0 aliphatic carbocycles. The smallest absolute Gasteiger partial charge is 0.389 e. The molecule has 3 nitrogen and oxygen atoms in total. The Morgan fingerprint density at radius 1 is 1.24 bits per heavy atom. The Hall–Kier alpha value is -2.15. The molecule has 7 heteroatoms. The summed E-state index contributed by atoms with van der Waals surface area (Å²) in [5, 5.41) is 2.98. The number of anilines is 2. The summed E-state index contributed by atoms with van der Waals surface area (Å²) in [6.45, 7) is 1.86. The molecule has 1 aromatic heterocycles. The first kappa shape index (κ1) is 15.2. The van der Waals surface area contributed by atoms with Crippen molar-refractivity contribution in [2.75, 3.05) is 5.32 Å². The van der Waals surface area contributed by atoms with Gasteiger partial charge in [0.25, 0.3) is 0 Å². The van der Waals surface area contributed by atoms with Crippen molar-refractivity contribution in [3.05, 3.63) is 53.3 Å². The average molecular weight is 311 g/mol. The Balaban J connectivity index is 2.42. The van der Waals surface area contributed by atoms with E-state index in [1.807, 2.05) is 13.0 Å². The Morgan fingerprint density at radius 3 is 2.52 bits per heavy atom. The fourth-order valence-corrected chi connectivity index (χ4v) is 1.98. The van der Waals surface area contributed by atoms with Crippen molar-refractivity contribution < 1.29 is 13.2 Å². The van der Waals surface area contributed by atoms with E-state index in [0.717, 1.165) is 17.7 Å². The molecule has 2 rings (SSSR count). The number of nitrogens with zero attached hydrogens (tertiary/aromatic N) is 1. The predicted molar refractivity (Wildman–Crippen MR) is 79.6 cm³/mol. The number of halogens is 3. The highest BCUT2D eigenvalue weighted by Gasteiger charge is 2.31. The van der Waals surface area contributed by atoms with E-state index in [9.17, 15) is 13.2 Å². The number of aryl methyl sites for hydroxylation is 1. The average Bonchev–Trinajstić information content (AvgIpc) is 2.37. The number of benzene rings is 1. The van der Waals surface area contributed by atoms with Gasteiger partial charge in [-0.15, -0.1) is 0 Å². The highest BCUT2D eigenvalue weighted by molar-refractivity contribution is 7.80. The lowest BCUT2D eigenvalue weighted by Gasteiger charge is -2.14. The van der Waals surface area contributed by atoms with Crippen LogP contribution < -0.4 is 11.1 Å².